The zero-order chi connectivity index (χ0) is 18.7. The smallest absolute Gasteiger partial charge is 0.313 e. The molecule has 1 aromatic rings. The van der Waals surface area contributed by atoms with Crippen LogP contribution in [0.1, 0.15) is 55.8 Å². The zero-order valence-corrected chi connectivity index (χ0v) is 15.1. The number of hydrogen-bond acceptors (Lipinski definition) is 4. The van der Waals surface area contributed by atoms with Crippen LogP contribution in [0.5, 0.6) is 0 Å². The molecule has 140 valence electrons. The summed E-state index contributed by atoms with van der Waals surface area (Å²) >= 11 is 0. The Morgan fingerprint density at radius 2 is 1.88 bits per heavy atom. The molecule has 7 heteroatoms. The third-order valence-electron chi connectivity index (χ3n) is 5.54. The highest BCUT2D eigenvalue weighted by Gasteiger charge is 2.38. The molecule has 3 amide bonds. The molecule has 1 aliphatic carbocycles. The molecule has 0 radical (unpaired) electrons. The van der Waals surface area contributed by atoms with Crippen LogP contribution in [0.25, 0.3) is 0 Å². The van der Waals surface area contributed by atoms with Gasteiger partial charge in [-0.2, -0.15) is 0 Å². The summed E-state index contributed by atoms with van der Waals surface area (Å²) in [5.74, 6) is -0.933. The van der Waals surface area contributed by atoms with E-state index in [9.17, 15) is 14.4 Å². The molecule has 1 aromatic heterocycles. The van der Waals surface area contributed by atoms with Crippen molar-refractivity contribution in [3.05, 3.63) is 24.0 Å². The van der Waals surface area contributed by atoms with E-state index >= 15 is 0 Å². The first-order valence-electron chi connectivity index (χ1n) is 9.32. The standard InChI is InChI=1S/C19H26N4O3/c1-12-6-7-16(13-4-2-3-5-13)23(11-12)19(26)18(25)22-15-8-14(17(20)24)9-21-10-15/h8-10,12-13,16H,2-7,11H2,1H3,(H2,20,24)(H,22,25). The van der Waals surface area contributed by atoms with Gasteiger partial charge in [-0.1, -0.05) is 19.8 Å². The van der Waals surface area contributed by atoms with E-state index in [1.807, 2.05) is 0 Å². The van der Waals surface area contributed by atoms with Gasteiger partial charge < -0.3 is 16.0 Å². The number of pyridine rings is 1. The number of rotatable bonds is 3. The highest BCUT2D eigenvalue weighted by Crippen LogP contribution is 2.36. The maximum atomic E-state index is 12.8. The number of nitrogens with one attached hydrogen (secondary N) is 1. The fourth-order valence-electron chi connectivity index (χ4n) is 4.20. The number of amides is 3. The van der Waals surface area contributed by atoms with Gasteiger partial charge in [0.1, 0.15) is 0 Å². The molecule has 7 nitrogen and oxygen atoms in total. The maximum absolute atomic E-state index is 12.8. The Kier molecular flexibility index (Phi) is 5.54. The van der Waals surface area contributed by atoms with Gasteiger partial charge in [0.15, 0.2) is 0 Å². The number of carbonyl (C=O) groups excluding carboxylic acids is 3. The average Bonchev–Trinajstić information content (AvgIpc) is 3.15. The van der Waals surface area contributed by atoms with Gasteiger partial charge in [-0.05, 0) is 43.6 Å². The van der Waals surface area contributed by atoms with Crippen molar-refractivity contribution in [2.45, 2.75) is 51.5 Å². The SMILES string of the molecule is CC1CCC(C2CCCC2)N(C(=O)C(=O)Nc2cncc(C(N)=O)c2)C1. The molecule has 1 saturated carbocycles. The van der Waals surface area contributed by atoms with Gasteiger partial charge in [0.25, 0.3) is 0 Å². The molecule has 1 saturated heterocycles. The van der Waals surface area contributed by atoms with Crippen LogP contribution in [-0.4, -0.2) is 40.2 Å². The molecule has 0 spiro atoms. The second kappa shape index (κ2) is 7.85. The largest absolute Gasteiger partial charge is 0.366 e. The van der Waals surface area contributed by atoms with Crippen molar-refractivity contribution in [1.82, 2.24) is 9.88 Å². The predicted molar refractivity (Wildman–Crippen MR) is 97.2 cm³/mol. The quantitative estimate of drug-likeness (QED) is 0.805. The van der Waals surface area contributed by atoms with Crippen LogP contribution in [0.4, 0.5) is 5.69 Å². The normalized spacial score (nSPS) is 23.7. The van der Waals surface area contributed by atoms with E-state index in [4.69, 9.17) is 5.73 Å². The lowest BCUT2D eigenvalue weighted by Gasteiger charge is -2.41. The molecular weight excluding hydrogens is 332 g/mol. The number of nitrogens with zero attached hydrogens (tertiary/aromatic N) is 2. The molecule has 0 bridgehead atoms. The lowest BCUT2D eigenvalue weighted by molar-refractivity contribution is -0.147. The summed E-state index contributed by atoms with van der Waals surface area (Å²) in [6.07, 6.45) is 9.45. The van der Waals surface area contributed by atoms with E-state index < -0.39 is 17.7 Å². The first-order valence-corrected chi connectivity index (χ1v) is 9.32. The topological polar surface area (TPSA) is 105 Å². The monoisotopic (exact) mass is 358 g/mol. The van der Waals surface area contributed by atoms with Crippen LogP contribution in [0, 0.1) is 11.8 Å². The van der Waals surface area contributed by atoms with Crippen LogP contribution in [0.15, 0.2) is 18.5 Å². The molecule has 1 aliphatic heterocycles. The van der Waals surface area contributed by atoms with E-state index in [0.29, 0.717) is 24.1 Å². The Labute approximate surface area is 153 Å². The average molecular weight is 358 g/mol. The van der Waals surface area contributed by atoms with Crippen LogP contribution >= 0.6 is 0 Å². The van der Waals surface area contributed by atoms with Crippen LogP contribution < -0.4 is 11.1 Å². The van der Waals surface area contributed by atoms with Crippen molar-refractivity contribution in [2.24, 2.45) is 17.6 Å². The minimum Gasteiger partial charge on any atom is -0.366 e. The minimum absolute atomic E-state index is 0.155. The predicted octanol–water partition coefficient (Wildman–Crippen LogP) is 1.94. The third-order valence-corrected chi connectivity index (χ3v) is 5.54. The summed E-state index contributed by atoms with van der Waals surface area (Å²) in [7, 11) is 0. The van der Waals surface area contributed by atoms with Gasteiger partial charge in [-0.15, -0.1) is 0 Å². The van der Waals surface area contributed by atoms with E-state index in [1.165, 1.54) is 31.3 Å². The van der Waals surface area contributed by atoms with E-state index in [1.54, 1.807) is 4.90 Å². The number of piperidine rings is 1. The number of primary amides is 1. The molecule has 2 unspecified atom stereocenters. The summed E-state index contributed by atoms with van der Waals surface area (Å²) in [6, 6.07) is 1.58. The number of likely N-dealkylation sites (tertiary alicyclic amines) is 1. The first-order chi connectivity index (χ1) is 12.5. The second-order valence-electron chi connectivity index (χ2n) is 7.53. The van der Waals surface area contributed by atoms with Gasteiger partial charge in [0, 0.05) is 18.8 Å². The Hall–Kier alpha value is -2.44. The summed E-state index contributed by atoms with van der Waals surface area (Å²) in [4.78, 5) is 42.2. The van der Waals surface area contributed by atoms with Crippen molar-refractivity contribution in [3.63, 3.8) is 0 Å². The number of anilines is 1. The molecule has 3 rings (SSSR count). The van der Waals surface area contributed by atoms with Crippen molar-refractivity contribution in [2.75, 3.05) is 11.9 Å². The van der Waals surface area contributed by atoms with Crippen LogP contribution in [0.3, 0.4) is 0 Å². The molecule has 2 atom stereocenters. The Balaban J connectivity index is 1.72. The van der Waals surface area contributed by atoms with E-state index in [-0.39, 0.29) is 11.6 Å². The van der Waals surface area contributed by atoms with Gasteiger partial charge in [-0.25, -0.2) is 0 Å². The molecular formula is C19H26N4O3. The summed E-state index contributed by atoms with van der Waals surface area (Å²) in [5.41, 5.74) is 5.71. The highest BCUT2D eigenvalue weighted by atomic mass is 16.2. The van der Waals surface area contributed by atoms with Crippen molar-refractivity contribution >= 4 is 23.4 Å². The van der Waals surface area contributed by atoms with Gasteiger partial charge >= 0.3 is 11.8 Å². The number of nitrogens with two attached hydrogens (primary N) is 1. The Morgan fingerprint density at radius 3 is 2.58 bits per heavy atom. The molecule has 26 heavy (non-hydrogen) atoms. The number of hydrogen-bond donors (Lipinski definition) is 2. The van der Waals surface area contributed by atoms with Gasteiger partial charge in [0.2, 0.25) is 5.91 Å². The summed E-state index contributed by atoms with van der Waals surface area (Å²) in [5, 5.41) is 2.56. The Morgan fingerprint density at radius 1 is 1.15 bits per heavy atom. The lowest BCUT2D eigenvalue weighted by atomic mass is 9.85. The van der Waals surface area contributed by atoms with Gasteiger partial charge in [-0.3, -0.25) is 19.4 Å². The lowest BCUT2D eigenvalue weighted by Crippen LogP contribution is -2.52. The minimum atomic E-state index is -0.689. The second-order valence-corrected chi connectivity index (χ2v) is 7.53. The first kappa shape index (κ1) is 18.4. The highest BCUT2D eigenvalue weighted by molar-refractivity contribution is 6.39. The molecule has 3 N–H and O–H groups in total. The number of carbonyl (C=O) groups is 3. The fourth-order valence-corrected chi connectivity index (χ4v) is 4.20. The maximum Gasteiger partial charge on any atom is 0.313 e. The molecule has 2 aliphatic rings. The molecule has 0 aromatic carbocycles. The fraction of sp³-hybridized carbons (Fsp3) is 0.579. The summed E-state index contributed by atoms with van der Waals surface area (Å²) in [6.45, 7) is 2.73. The molecule has 2 heterocycles. The molecule has 2 fully saturated rings. The zero-order valence-electron chi connectivity index (χ0n) is 15.1. The summed E-state index contributed by atoms with van der Waals surface area (Å²) < 4.78 is 0. The van der Waals surface area contributed by atoms with Crippen molar-refractivity contribution in [3.8, 4) is 0 Å². The third kappa shape index (κ3) is 4.03. The van der Waals surface area contributed by atoms with Gasteiger partial charge in [0.05, 0.1) is 17.4 Å². The van der Waals surface area contributed by atoms with E-state index in [0.717, 1.165) is 25.7 Å². The van der Waals surface area contributed by atoms with Crippen molar-refractivity contribution in [1.29, 1.82) is 0 Å². The van der Waals surface area contributed by atoms with Crippen LogP contribution in [0.2, 0.25) is 0 Å². The van der Waals surface area contributed by atoms with Crippen molar-refractivity contribution < 1.29 is 14.4 Å². The van der Waals surface area contributed by atoms with Crippen LogP contribution in [-0.2, 0) is 9.59 Å². The number of aromatic nitrogens is 1. The Bertz CT molecular complexity index is 700. The van der Waals surface area contributed by atoms with E-state index in [2.05, 4.69) is 17.2 Å².